The lowest BCUT2D eigenvalue weighted by Gasteiger charge is -2.26. The first-order chi connectivity index (χ1) is 17.2. The van der Waals surface area contributed by atoms with Crippen LogP contribution >= 0.6 is 45.8 Å². The van der Waals surface area contributed by atoms with Crippen molar-refractivity contribution in [1.29, 1.82) is 0 Å². The summed E-state index contributed by atoms with van der Waals surface area (Å²) < 4.78 is 12.3. The summed E-state index contributed by atoms with van der Waals surface area (Å²) in [6.45, 7) is 2.35. The SMILES string of the molecule is COc1cc(/C=C2\C(=O)NC(=O)N(c3ccc(Cl)c(Cl)c3)C2=O)cc(I)c1OCc1cccc(C)c1. The van der Waals surface area contributed by atoms with Gasteiger partial charge in [0.25, 0.3) is 11.8 Å². The average Bonchev–Trinajstić information content (AvgIpc) is 2.83. The molecule has 7 nitrogen and oxygen atoms in total. The first-order valence-corrected chi connectivity index (χ1v) is 12.4. The van der Waals surface area contributed by atoms with Gasteiger partial charge in [0.2, 0.25) is 0 Å². The third-order valence-electron chi connectivity index (χ3n) is 5.29. The molecule has 1 aliphatic heterocycles. The molecule has 3 aromatic rings. The highest BCUT2D eigenvalue weighted by Gasteiger charge is 2.37. The summed E-state index contributed by atoms with van der Waals surface area (Å²) in [5, 5.41) is 2.62. The Balaban J connectivity index is 1.65. The van der Waals surface area contributed by atoms with Crippen LogP contribution in [-0.2, 0) is 16.2 Å². The van der Waals surface area contributed by atoms with Crippen LogP contribution < -0.4 is 19.7 Å². The van der Waals surface area contributed by atoms with Gasteiger partial charge in [0, 0.05) is 0 Å². The topological polar surface area (TPSA) is 84.9 Å². The third kappa shape index (κ3) is 5.50. The molecule has 1 aliphatic rings. The molecule has 0 radical (unpaired) electrons. The van der Waals surface area contributed by atoms with Crippen molar-refractivity contribution in [3.05, 3.63) is 90.5 Å². The van der Waals surface area contributed by atoms with Gasteiger partial charge in [-0.15, -0.1) is 0 Å². The van der Waals surface area contributed by atoms with Crippen molar-refractivity contribution < 1.29 is 23.9 Å². The number of aryl methyl sites for hydroxylation is 1. The lowest BCUT2D eigenvalue weighted by Crippen LogP contribution is -2.54. The summed E-state index contributed by atoms with van der Waals surface area (Å²) in [5.41, 5.74) is 2.60. The van der Waals surface area contributed by atoms with Crippen molar-refractivity contribution in [2.75, 3.05) is 12.0 Å². The summed E-state index contributed by atoms with van der Waals surface area (Å²) >= 11 is 14.1. The fraction of sp³-hybridized carbons (Fsp3) is 0.115. The zero-order valence-corrected chi connectivity index (χ0v) is 22.8. The van der Waals surface area contributed by atoms with Gasteiger partial charge in [0.05, 0.1) is 26.4 Å². The van der Waals surface area contributed by atoms with Gasteiger partial charge in [0.1, 0.15) is 12.2 Å². The minimum absolute atomic E-state index is 0.165. The zero-order chi connectivity index (χ0) is 26.0. The highest BCUT2D eigenvalue weighted by Crippen LogP contribution is 2.36. The Morgan fingerprint density at radius 1 is 1.03 bits per heavy atom. The molecular formula is C26H19Cl2IN2O5. The number of rotatable bonds is 6. The van der Waals surface area contributed by atoms with E-state index in [-0.39, 0.29) is 21.3 Å². The van der Waals surface area contributed by atoms with E-state index in [0.29, 0.717) is 27.2 Å². The van der Waals surface area contributed by atoms with Gasteiger partial charge in [-0.1, -0.05) is 53.0 Å². The first kappa shape index (κ1) is 26.0. The first-order valence-electron chi connectivity index (χ1n) is 10.6. The highest BCUT2D eigenvalue weighted by molar-refractivity contribution is 14.1. The molecular weight excluding hydrogens is 618 g/mol. The fourth-order valence-electron chi connectivity index (χ4n) is 3.60. The minimum atomic E-state index is -0.882. The van der Waals surface area contributed by atoms with Crippen LogP contribution in [-0.4, -0.2) is 25.0 Å². The molecule has 0 spiro atoms. The molecule has 10 heteroatoms. The van der Waals surface area contributed by atoms with E-state index in [2.05, 4.69) is 27.9 Å². The van der Waals surface area contributed by atoms with E-state index in [1.165, 1.54) is 31.4 Å². The summed E-state index contributed by atoms with van der Waals surface area (Å²) in [7, 11) is 1.50. The summed E-state index contributed by atoms with van der Waals surface area (Å²) in [5.74, 6) is -0.637. The van der Waals surface area contributed by atoms with E-state index in [4.69, 9.17) is 32.7 Å². The smallest absolute Gasteiger partial charge is 0.335 e. The van der Waals surface area contributed by atoms with Crippen LogP contribution in [0.25, 0.3) is 6.08 Å². The van der Waals surface area contributed by atoms with Gasteiger partial charge in [-0.2, -0.15) is 0 Å². The molecule has 1 N–H and O–H groups in total. The molecule has 0 saturated carbocycles. The number of carbonyl (C=O) groups excluding carboxylic acids is 3. The molecule has 1 saturated heterocycles. The molecule has 0 aliphatic carbocycles. The van der Waals surface area contributed by atoms with Crippen molar-refractivity contribution in [3.8, 4) is 11.5 Å². The molecule has 0 bridgehead atoms. The predicted molar refractivity (Wildman–Crippen MR) is 147 cm³/mol. The van der Waals surface area contributed by atoms with Gasteiger partial charge in [-0.25, -0.2) is 9.69 Å². The number of urea groups is 1. The van der Waals surface area contributed by atoms with Crippen molar-refractivity contribution in [2.24, 2.45) is 0 Å². The fourth-order valence-corrected chi connectivity index (χ4v) is 4.68. The number of imide groups is 2. The molecule has 4 amide bonds. The van der Waals surface area contributed by atoms with E-state index in [1.54, 1.807) is 12.1 Å². The van der Waals surface area contributed by atoms with Crippen molar-refractivity contribution >= 4 is 75.4 Å². The number of nitrogens with one attached hydrogen (secondary N) is 1. The number of anilines is 1. The van der Waals surface area contributed by atoms with Gasteiger partial charge >= 0.3 is 6.03 Å². The van der Waals surface area contributed by atoms with Crippen LogP contribution in [0.15, 0.2) is 60.2 Å². The molecule has 184 valence electrons. The van der Waals surface area contributed by atoms with E-state index in [0.717, 1.165) is 16.0 Å². The third-order valence-corrected chi connectivity index (χ3v) is 6.83. The number of methoxy groups -OCH3 is 1. The maximum Gasteiger partial charge on any atom is 0.335 e. The number of ether oxygens (including phenoxy) is 2. The van der Waals surface area contributed by atoms with E-state index >= 15 is 0 Å². The highest BCUT2D eigenvalue weighted by atomic mass is 127. The van der Waals surface area contributed by atoms with Crippen molar-refractivity contribution in [2.45, 2.75) is 13.5 Å². The molecule has 4 rings (SSSR count). The number of hydrogen-bond acceptors (Lipinski definition) is 5. The number of halogens is 3. The Morgan fingerprint density at radius 3 is 2.50 bits per heavy atom. The summed E-state index contributed by atoms with van der Waals surface area (Å²) in [6.07, 6.45) is 1.39. The summed E-state index contributed by atoms with van der Waals surface area (Å²) in [6, 6.07) is 14.8. The number of benzene rings is 3. The molecule has 3 aromatic carbocycles. The van der Waals surface area contributed by atoms with E-state index < -0.39 is 17.8 Å². The number of carbonyl (C=O) groups is 3. The van der Waals surface area contributed by atoms with Gasteiger partial charge in [-0.05, 0) is 77.0 Å². The number of hydrogen-bond donors (Lipinski definition) is 1. The predicted octanol–water partition coefficient (Wildman–Crippen LogP) is 6.16. The van der Waals surface area contributed by atoms with Crippen LogP contribution in [0.1, 0.15) is 16.7 Å². The zero-order valence-electron chi connectivity index (χ0n) is 19.1. The average molecular weight is 637 g/mol. The van der Waals surface area contributed by atoms with Crippen molar-refractivity contribution in [3.63, 3.8) is 0 Å². The lowest BCUT2D eigenvalue weighted by molar-refractivity contribution is -0.122. The van der Waals surface area contributed by atoms with Crippen LogP contribution in [0.4, 0.5) is 10.5 Å². The Labute approximate surface area is 231 Å². The maximum atomic E-state index is 13.2. The second-order valence-corrected chi connectivity index (χ2v) is 9.84. The molecule has 0 atom stereocenters. The largest absolute Gasteiger partial charge is 0.493 e. The normalized spacial score (nSPS) is 14.8. The number of nitrogens with zero attached hydrogens (tertiary/aromatic N) is 1. The van der Waals surface area contributed by atoms with E-state index in [1.807, 2.05) is 31.2 Å². The standard InChI is InChI=1S/C26H19Cl2IN2O5/c1-14-4-3-5-15(8-14)13-36-23-21(29)10-16(11-22(23)35-2)9-18-24(32)30-26(34)31(25(18)33)17-6-7-19(27)20(28)12-17/h3-12H,13H2,1-2H3,(H,30,32,34)/b18-9+. The Hall–Kier alpha value is -3.08. The molecule has 1 fully saturated rings. The van der Waals surface area contributed by atoms with Crippen LogP contribution in [0, 0.1) is 10.5 Å². The Morgan fingerprint density at radius 2 is 1.81 bits per heavy atom. The Kier molecular flexibility index (Phi) is 7.87. The molecule has 0 aromatic heterocycles. The lowest BCUT2D eigenvalue weighted by atomic mass is 10.1. The monoisotopic (exact) mass is 636 g/mol. The van der Waals surface area contributed by atoms with Crippen LogP contribution in [0.5, 0.6) is 11.5 Å². The van der Waals surface area contributed by atoms with Gasteiger partial charge in [-0.3, -0.25) is 14.9 Å². The quantitative estimate of drug-likeness (QED) is 0.199. The molecule has 36 heavy (non-hydrogen) atoms. The molecule has 1 heterocycles. The van der Waals surface area contributed by atoms with E-state index in [9.17, 15) is 14.4 Å². The number of barbiturate groups is 1. The maximum absolute atomic E-state index is 13.2. The van der Waals surface area contributed by atoms with Gasteiger partial charge in [0.15, 0.2) is 11.5 Å². The van der Waals surface area contributed by atoms with Crippen LogP contribution in [0.3, 0.4) is 0 Å². The second kappa shape index (κ2) is 10.9. The van der Waals surface area contributed by atoms with Crippen LogP contribution in [0.2, 0.25) is 10.0 Å². The Bertz CT molecular complexity index is 1420. The minimum Gasteiger partial charge on any atom is -0.493 e. The van der Waals surface area contributed by atoms with Crippen molar-refractivity contribution in [1.82, 2.24) is 5.32 Å². The summed E-state index contributed by atoms with van der Waals surface area (Å²) in [4.78, 5) is 39.0. The second-order valence-electron chi connectivity index (χ2n) is 7.87. The number of amides is 4. The molecule has 0 unspecified atom stereocenters. The van der Waals surface area contributed by atoms with Gasteiger partial charge < -0.3 is 9.47 Å².